The van der Waals surface area contributed by atoms with Gasteiger partial charge in [0.05, 0.1) is 17.2 Å². The number of benzene rings is 1. The first kappa shape index (κ1) is 10.4. The number of hydrogen-bond donors (Lipinski definition) is 1. The van der Waals surface area contributed by atoms with Crippen LogP contribution in [0.5, 0.6) is 0 Å². The number of aliphatic hydroxyl groups excluding tert-OH is 1. The first-order valence-corrected chi connectivity index (χ1v) is 4.86. The number of nitrogens with zero attached hydrogens (tertiary/aromatic N) is 1. The van der Waals surface area contributed by atoms with E-state index < -0.39 is 5.82 Å². The molecule has 1 unspecified atom stereocenters. The zero-order chi connectivity index (χ0) is 10.8. The molecule has 0 amide bonds. The molecule has 5 heteroatoms. The van der Waals surface area contributed by atoms with E-state index >= 15 is 0 Å². The van der Waals surface area contributed by atoms with Crippen LogP contribution in [-0.2, 0) is 4.74 Å². The van der Waals surface area contributed by atoms with E-state index in [1.54, 1.807) is 6.07 Å². The molecule has 0 fully saturated rings. The molecule has 1 N–H and O–H groups in total. The fourth-order valence-electron chi connectivity index (χ4n) is 1.35. The van der Waals surface area contributed by atoms with E-state index in [9.17, 15) is 4.39 Å². The van der Waals surface area contributed by atoms with E-state index in [-0.39, 0.29) is 35.7 Å². The van der Waals surface area contributed by atoms with Gasteiger partial charge in [-0.25, -0.2) is 9.38 Å². The van der Waals surface area contributed by atoms with Gasteiger partial charge in [0.1, 0.15) is 18.5 Å². The van der Waals surface area contributed by atoms with Crippen LogP contribution in [0, 0.1) is 5.82 Å². The molecule has 0 aromatic heterocycles. The number of hydrogen-bond acceptors (Lipinski definition) is 3. The highest BCUT2D eigenvalue weighted by atomic mass is 35.5. The second-order valence-corrected chi connectivity index (χ2v) is 3.59. The van der Waals surface area contributed by atoms with Crippen LogP contribution in [0.3, 0.4) is 0 Å². The van der Waals surface area contributed by atoms with Crippen molar-refractivity contribution < 1.29 is 14.2 Å². The molecule has 1 aromatic carbocycles. The smallest absolute Gasteiger partial charge is 0.221 e. The molecule has 0 spiro atoms. The monoisotopic (exact) mass is 229 g/mol. The summed E-state index contributed by atoms with van der Waals surface area (Å²) in [5, 5.41) is 9.11. The molecular formula is C10H9ClFNO2. The van der Waals surface area contributed by atoms with Crippen LogP contribution >= 0.6 is 11.6 Å². The number of rotatable bonds is 2. The third-order valence-corrected chi connectivity index (χ3v) is 2.41. The Morgan fingerprint density at radius 2 is 2.40 bits per heavy atom. The van der Waals surface area contributed by atoms with Gasteiger partial charge in [-0.15, -0.1) is 0 Å². The maximum Gasteiger partial charge on any atom is 0.221 e. The summed E-state index contributed by atoms with van der Waals surface area (Å²) < 4.78 is 18.6. The van der Waals surface area contributed by atoms with E-state index in [1.807, 2.05) is 0 Å². The Labute approximate surface area is 91.2 Å². The first-order valence-electron chi connectivity index (χ1n) is 4.48. The molecule has 0 aliphatic carbocycles. The van der Waals surface area contributed by atoms with Crippen LogP contribution in [0.25, 0.3) is 0 Å². The predicted octanol–water partition coefficient (Wildman–Crippen LogP) is 1.62. The Balaban J connectivity index is 2.38. The van der Waals surface area contributed by atoms with Crippen molar-refractivity contribution in [3.05, 3.63) is 34.6 Å². The average Bonchev–Trinajstić information content (AvgIpc) is 2.66. The average molecular weight is 230 g/mol. The number of aliphatic hydroxyl groups is 1. The minimum absolute atomic E-state index is 0.116. The molecule has 80 valence electrons. The Morgan fingerprint density at radius 3 is 3.00 bits per heavy atom. The van der Waals surface area contributed by atoms with Crippen LogP contribution < -0.4 is 0 Å². The Hall–Kier alpha value is -1.13. The van der Waals surface area contributed by atoms with Crippen molar-refractivity contribution in [3.8, 4) is 0 Å². The number of halogens is 2. The zero-order valence-corrected chi connectivity index (χ0v) is 8.54. The van der Waals surface area contributed by atoms with E-state index in [0.717, 1.165) is 0 Å². The van der Waals surface area contributed by atoms with Gasteiger partial charge < -0.3 is 9.84 Å². The Kier molecular flexibility index (Phi) is 2.88. The van der Waals surface area contributed by atoms with E-state index in [4.69, 9.17) is 21.4 Å². The number of ether oxygens (including phenoxy) is 1. The largest absolute Gasteiger partial charge is 0.475 e. The van der Waals surface area contributed by atoms with E-state index in [0.29, 0.717) is 0 Å². The summed E-state index contributed by atoms with van der Waals surface area (Å²) in [5.41, 5.74) is 0.162. The van der Waals surface area contributed by atoms with Gasteiger partial charge >= 0.3 is 0 Å². The second kappa shape index (κ2) is 4.16. The van der Waals surface area contributed by atoms with Crippen LogP contribution in [0.15, 0.2) is 23.2 Å². The van der Waals surface area contributed by atoms with Gasteiger partial charge in [-0.05, 0) is 12.1 Å². The van der Waals surface area contributed by atoms with Crippen molar-refractivity contribution in [1.29, 1.82) is 0 Å². The summed E-state index contributed by atoms with van der Waals surface area (Å²) in [6.45, 7) is 0.145. The molecule has 15 heavy (non-hydrogen) atoms. The molecule has 1 aliphatic rings. The van der Waals surface area contributed by atoms with Crippen molar-refractivity contribution >= 4 is 17.5 Å². The van der Waals surface area contributed by atoms with Crippen LogP contribution in [0.1, 0.15) is 5.56 Å². The van der Waals surface area contributed by atoms with Crippen LogP contribution in [0.4, 0.5) is 4.39 Å². The van der Waals surface area contributed by atoms with Crippen LogP contribution in [0.2, 0.25) is 5.02 Å². The SMILES string of the molecule is OCC1COC(c2c(F)cccc2Cl)=N1. The minimum atomic E-state index is -0.472. The van der Waals surface area contributed by atoms with Gasteiger partial charge in [-0.2, -0.15) is 0 Å². The highest BCUT2D eigenvalue weighted by Gasteiger charge is 2.23. The second-order valence-electron chi connectivity index (χ2n) is 3.18. The lowest BCUT2D eigenvalue weighted by Gasteiger charge is -2.04. The first-order chi connectivity index (χ1) is 7.22. The molecule has 1 heterocycles. The van der Waals surface area contributed by atoms with Gasteiger partial charge in [-0.3, -0.25) is 0 Å². The fourth-order valence-corrected chi connectivity index (χ4v) is 1.59. The molecule has 1 atom stereocenters. The molecule has 1 aliphatic heterocycles. The molecule has 1 aromatic rings. The third-order valence-electron chi connectivity index (χ3n) is 2.10. The molecule has 0 saturated heterocycles. The molecular weight excluding hydrogens is 221 g/mol. The molecule has 2 rings (SSSR count). The lowest BCUT2D eigenvalue weighted by Crippen LogP contribution is -2.10. The van der Waals surface area contributed by atoms with Gasteiger partial charge in [-0.1, -0.05) is 17.7 Å². The van der Waals surface area contributed by atoms with Gasteiger partial charge in [0, 0.05) is 0 Å². The highest BCUT2D eigenvalue weighted by molar-refractivity contribution is 6.33. The van der Waals surface area contributed by atoms with Gasteiger partial charge in [0.15, 0.2) is 0 Å². The quantitative estimate of drug-likeness (QED) is 0.837. The Morgan fingerprint density at radius 1 is 1.60 bits per heavy atom. The summed E-state index contributed by atoms with van der Waals surface area (Å²) in [5.74, 6) is -0.308. The van der Waals surface area contributed by atoms with Crippen molar-refractivity contribution in [2.24, 2.45) is 4.99 Å². The molecule has 0 bridgehead atoms. The highest BCUT2D eigenvalue weighted by Crippen LogP contribution is 2.23. The molecule has 0 saturated carbocycles. The summed E-state index contributed by atoms with van der Waals surface area (Å²) in [7, 11) is 0. The predicted molar refractivity (Wildman–Crippen MR) is 54.8 cm³/mol. The van der Waals surface area contributed by atoms with Crippen molar-refractivity contribution in [1.82, 2.24) is 0 Å². The number of aliphatic imine (C=N–C) groups is 1. The zero-order valence-electron chi connectivity index (χ0n) is 7.78. The van der Waals surface area contributed by atoms with E-state index in [2.05, 4.69) is 4.99 Å². The standard InChI is InChI=1S/C10H9ClFNO2/c11-7-2-1-3-8(12)9(7)10-13-6(4-14)5-15-10/h1-3,6,14H,4-5H2. The summed E-state index contributed by atoms with van der Waals surface area (Å²) >= 11 is 5.84. The van der Waals surface area contributed by atoms with Gasteiger partial charge in [0.2, 0.25) is 5.90 Å². The summed E-state index contributed by atoms with van der Waals surface area (Å²) in [6, 6.07) is 4.05. The topological polar surface area (TPSA) is 41.8 Å². The van der Waals surface area contributed by atoms with E-state index in [1.165, 1.54) is 12.1 Å². The molecule has 0 radical (unpaired) electrons. The van der Waals surface area contributed by atoms with Gasteiger partial charge in [0.25, 0.3) is 0 Å². The Bertz CT molecular complexity index is 388. The maximum atomic E-state index is 13.4. The lowest BCUT2D eigenvalue weighted by atomic mass is 10.2. The lowest BCUT2D eigenvalue weighted by molar-refractivity contribution is 0.227. The minimum Gasteiger partial charge on any atom is -0.475 e. The van der Waals surface area contributed by atoms with Crippen molar-refractivity contribution in [3.63, 3.8) is 0 Å². The van der Waals surface area contributed by atoms with Crippen molar-refractivity contribution in [2.45, 2.75) is 6.04 Å². The normalized spacial score (nSPS) is 19.9. The fraction of sp³-hybridized carbons (Fsp3) is 0.300. The maximum absolute atomic E-state index is 13.4. The summed E-state index contributed by atoms with van der Waals surface area (Å²) in [6.07, 6.45) is 0. The third kappa shape index (κ3) is 1.96. The molecule has 3 nitrogen and oxygen atoms in total. The summed E-state index contributed by atoms with van der Waals surface area (Å²) in [4.78, 5) is 4.02. The van der Waals surface area contributed by atoms with Crippen molar-refractivity contribution in [2.75, 3.05) is 13.2 Å². The van der Waals surface area contributed by atoms with Crippen LogP contribution in [-0.4, -0.2) is 30.3 Å².